The third kappa shape index (κ3) is 36.6. The number of aliphatic hydroxyl groups excluding tert-OH is 2. The molecule has 0 aromatic carbocycles. The Morgan fingerprint density at radius 2 is 0.600 bits per heavy atom. The monoisotopic (exact) mass is 715 g/mol. The number of ether oxygens (including phenoxy) is 2. The third-order valence-corrected chi connectivity index (χ3v) is 10.3. The molecule has 0 heterocycles. The van der Waals surface area contributed by atoms with Crippen LogP contribution in [0, 0.1) is 0 Å². The minimum Gasteiger partial charge on any atom is -0.466 e. The summed E-state index contributed by atoms with van der Waals surface area (Å²) in [5.74, 6) is -0.0737. The highest BCUT2D eigenvalue weighted by atomic mass is 16.5. The van der Waals surface area contributed by atoms with E-state index in [0.717, 1.165) is 86.5 Å². The van der Waals surface area contributed by atoms with E-state index in [0.29, 0.717) is 26.1 Å². The highest BCUT2D eigenvalue weighted by Crippen LogP contribution is 2.14. The van der Waals surface area contributed by atoms with Gasteiger partial charge in [-0.2, -0.15) is 0 Å². The number of carbonyl (C=O) groups excluding carboxylic acids is 2. The number of carbonyl (C=O) groups is 2. The van der Waals surface area contributed by atoms with Gasteiger partial charge in [-0.05, 0) is 51.4 Å². The summed E-state index contributed by atoms with van der Waals surface area (Å²) in [4.78, 5) is 24.0. The van der Waals surface area contributed by atoms with Crippen LogP contribution in [-0.2, 0) is 19.1 Å². The topological polar surface area (TPSA) is 93.1 Å². The molecule has 2 N–H and O–H groups in total. The lowest BCUT2D eigenvalue weighted by Crippen LogP contribution is -2.42. The van der Waals surface area contributed by atoms with Gasteiger partial charge in [-0.25, -0.2) is 0 Å². The third-order valence-electron chi connectivity index (χ3n) is 10.3. The molecule has 0 aromatic rings. The van der Waals surface area contributed by atoms with Crippen LogP contribution in [0.15, 0.2) is 0 Å². The van der Waals surface area contributed by atoms with Crippen LogP contribution in [-0.4, -0.2) is 112 Å². The molecule has 298 valence electrons. The minimum atomic E-state index is -0.0369. The van der Waals surface area contributed by atoms with Crippen molar-refractivity contribution in [2.24, 2.45) is 0 Å². The molecule has 0 amide bonds. The van der Waals surface area contributed by atoms with Gasteiger partial charge in [-0.15, -0.1) is 0 Å². The van der Waals surface area contributed by atoms with E-state index in [2.05, 4.69) is 28.2 Å². The second kappa shape index (κ2) is 34.8. The van der Waals surface area contributed by atoms with Gasteiger partial charge in [0.15, 0.2) is 0 Å². The summed E-state index contributed by atoms with van der Waals surface area (Å²) in [6.45, 7) is 5.67. The average Bonchev–Trinajstić information content (AvgIpc) is 3.06. The fraction of sp³-hybridized carbons (Fsp3) is 0.952. The van der Waals surface area contributed by atoms with Gasteiger partial charge in [0.25, 0.3) is 0 Å². The van der Waals surface area contributed by atoms with Crippen LogP contribution in [0.25, 0.3) is 0 Å². The molecule has 0 rings (SSSR count). The van der Waals surface area contributed by atoms with Crippen LogP contribution >= 0.6 is 0 Å². The summed E-state index contributed by atoms with van der Waals surface area (Å²) in [7, 11) is 8.78. The largest absolute Gasteiger partial charge is 0.466 e. The second-order valence-electron chi connectivity index (χ2n) is 16.3. The highest BCUT2D eigenvalue weighted by Gasteiger charge is 2.13. The van der Waals surface area contributed by atoms with Crippen molar-refractivity contribution in [3.63, 3.8) is 0 Å². The van der Waals surface area contributed by atoms with E-state index in [1.165, 1.54) is 116 Å². The van der Waals surface area contributed by atoms with Crippen molar-refractivity contribution >= 4 is 11.9 Å². The SMILES string of the molecule is C[N+](C)(CCO)CCCCCCCCCCCOC(=O)CCCCCCCCCCC(=O)OCCCCCCCCCCC[N+](C)(C)CCO. The van der Waals surface area contributed by atoms with Crippen LogP contribution in [0.2, 0.25) is 0 Å². The van der Waals surface area contributed by atoms with Crippen molar-refractivity contribution in [1.29, 1.82) is 0 Å². The Labute approximate surface area is 310 Å². The molecule has 0 aromatic heterocycles. The van der Waals surface area contributed by atoms with Gasteiger partial charge in [0.2, 0.25) is 0 Å². The van der Waals surface area contributed by atoms with Crippen LogP contribution in [0.1, 0.15) is 180 Å². The Kier molecular flexibility index (Phi) is 34.0. The van der Waals surface area contributed by atoms with Gasteiger partial charge in [-0.1, -0.05) is 116 Å². The first kappa shape index (κ1) is 48.8. The van der Waals surface area contributed by atoms with Crippen LogP contribution in [0.3, 0.4) is 0 Å². The number of likely N-dealkylation sites (N-methyl/N-ethyl adjacent to an activating group) is 2. The van der Waals surface area contributed by atoms with Gasteiger partial charge in [0, 0.05) is 12.8 Å². The van der Waals surface area contributed by atoms with Crippen molar-refractivity contribution in [3.8, 4) is 0 Å². The lowest BCUT2D eigenvalue weighted by molar-refractivity contribution is -0.890. The molecule has 8 nitrogen and oxygen atoms in total. The molecular weight excluding hydrogens is 628 g/mol. The van der Waals surface area contributed by atoms with Gasteiger partial charge in [0.1, 0.15) is 13.1 Å². The Morgan fingerprint density at radius 1 is 0.360 bits per heavy atom. The maximum atomic E-state index is 12.0. The quantitative estimate of drug-likeness (QED) is 0.0375. The average molecular weight is 715 g/mol. The van der Waals surface area contributed by atoms with E-state index < -0.39 is 0 Å². The summed E-state index contributed by atoms with van der Waals surface area (Å²) in [5, 5.41) is 18.2. The van der Waals surface area contributed by atoms with Gasteiger partial charge < -0.3 is 28.7 Å². The number of hydrogen-bond donors (Lipinski definition) is 2. The van der Waals surface area contributed by atoms with E-state index >= 15 is 0 Å². The van der Waals surface area contributed by atoms with Crippen LogP contribution in [0.4, 0.5) is 0 Å². The molecule has 0 aliphatic rings. The van der Waals surface area contributed by atoms with Crippen molar-refractivity contribution in [2.45, 2.75) is 180 Å². The number of nitrogens with zero attached hydrogens (tertiary/aromatic N) is 2. The van der Waals surface area contributed by atoms with Crippen molar-refractivity contribution in [3.05, 3.63) is 0 Å². The molecular formula is C42H86N2O6+2. The van der Waals surface area contributed by atoms with Crippen LogP contribution in [0.5, 0.6) is 0 Å². The number of esters is 2. The zero-order chi connectivity index (χ0) is 37.0. The summed E-state index contributed by atoms with van der Waals surface area (Å²) in [5.41, 5.74) is 0. The van der Waals surface area contributed by atoms with E-state index in [1.54, 1.807) is 0 Å². The number of quaternary nitrogens is 2. The van der Waals surface area contributed by atoms with E-state index in [9.17, 15) is 9.59 Å². The minimum absolute atomic E-state index is 0.0369. The molecule has 0 spiro atoms. The molecule has 0 saturated carbocycles. The standard InChI is InChI=1S/C42H86N2O6/c1-43(2,35-37-45)33-27-21-15-9-5-11-17-23-29-39-49-41(47)31-25-19-13-7-8-14-20-26-32-42(48)50-40-30-24-18-12-6-10-16-22-28-34-44(3,4)36-38-46/h45-46H,5-40H2,1-4H3/q+2. The number of unbranched alkanes of at least 4 members (excludes halogenated alkanes) is 23. The highest BCUT2D eigenvalue weighted by molar-refractivity contribution is 5.69. The Balaban J connectivity index is 3.32. The maximum absolute atomic E-state index is 12.0. The molecule has 0 bridgehead atoms. The molecule has 0 saturated heterocycles. The summed E-state index contributed by atoms with van der Waals surface area (Å²) in [6, 6.07) is 0. The first-order valence-electron chi connectivity index (χ1n) is 21.3. The van der Waals surface area contributed by atoms with Crippen LogP contribution < -0.4 is 0 Å². The van der Waals surface area contributed by atoms with Gasteiger partial charge in [-0.3, -0.25) is 9.59 Å². The zero-order valence-electron chi connectivity index (χ0n) is 33.9. The maximum Gasteiger partial charge on any atom is 0.305 e. The lowest BCUT2D eigenvalue weighted by Gasteiger charge is -2.28. The van der Waals surface area contributed by atoms with Crippen molar-refractivity contribution in [1.82, 2.24) is 0 Å². The second-order valence-corrected chi connectivity index (χ2v) is 16.3. The molecule has 0 radical (unpaired) electrons. The smallest absolute Gasteiger partial charge is 0.305 e. The van der Waals surface area contributed by atoms with Crippen molar-refractivity contribution in [2.75, 3.05) is 80.8 Å². The lowest BCUT2D eigenvalue weighted by atomic mass is 10.1. The first-order chi connectivity index (χ1) is 24.1. The Hall–Kier alpha value is -1.22. The first-order valence-corrected chi connectivity index (χ1v) is 21.3. The molecule has 0 unspecified atom stereocenters. The number of aliphatic hydroxyl groups is 2. The molecule has 50 heavy (non-hydrogen) atoms. The summed E-state index contributed by atoms with van der Waals surface area (Å²) in [6.07, 6.45) is 32.1. The summed E-state index contributed by atoms with van der Waals surface area (Å²) >= 11 is 0. The molecule has 0 aliphatic heterocycles. The van der Waals surface area contributed by atoms with Gasteiger partial charge >= 0.3 is 11.9 Å². The zero-order valence-corrected chi connectivity index (χ0v) is 33.9. The molecule has 0 fully saturated rings. The van der Waals surface area contributed by atoms with E-state index in [1.807, 2.05) is 0 Å². The predicted octanol–water partition coefficient (Wildman–Crippen LogP) is 9.13. The number of rotatable bonds is 39. The fourth-order valence-electron chi connectivity index (χ4n) is 6.64. The normalized spacial score (nSPS) is 12.0. The van der Waals surface area contributed by atoms with Crippen molar-refractivity contribution < 1.29 is 38.2 Å². The van der Waals surface area contributed by atoms with E-state index in [4.69, 9.17) is 19.7 Å². The molecule has 8 heteroatoms. The summed E-state index contributed by atoms with van der Waals surface area (Å²) < 4.78 is 12.7. The van der Waals surface area contributed by atoms with E-state index in [-0.39, 0.29) is 25.2 Å². The fourth-order valence-corrected chi connectivity index (χ4v) is 6.64. The molecule has 0 aliphatic carbocycles. The Bertz CT molecular complexity index is 699. The predicted molar refractivity (Wildman–Crippen MR) is 209 cm³/mol. The Morgan fingerprint density at radius 3 is 0.880 bits per heavy atom. The molecule has 0 atom stereocenters. The number of hydrogen-bond acceptors (Lipinski definition) is 6. The van der Waals surface area contributed by atoms with Gasteiger partial charge in [0.05, 0.1) is 67.7 Å².